The summed E-state index contributed by atoms with van der Waals surface area (Å²) >= 11 is 3.45. The van der Waals surface area contributed by atoms with Crippen LogP contribution in [0.2, 0.25) is 0 Å². The molecule has 142 valence electrons. The number of rotatable bonds is 7. The molecule has 0 unspecified atom stereocenters. The number of imidazole rings is 1. The first-order valence-electron chi connectivity index (χ1n) is 7.96. The van der Waals surface area contributed by atoms with E-state index in [0.717, 1.165) is 10.2 Å². The van der Waals surface area contributed by atoms with Crippen LogP contribution in [0.4, 0.5) is 9.59 Å². The minimum Gasteiger partial charge on any atom is -0.465 e. The predicted molar refractivity (Wildman–Crippen MR) is 96.4 cm³/mol. The molecule has 0 bridgehead atoms. The van der Waals surface area contributed by atoms with Gasteiger partial charge in [0.2, 0.25) is 5.62 Å². The summed E-state index contributed by atoms with van der Waals surface area (Å²) in [5.41, 5.74) is 0.199. The summed E-state index contributed by atoms with van der Waals surface area (Å²) in [6.07, 6.45) is 1.04. The van der Waals surface area contributed by atoms with Gasteiger partial charge in [-0.3, -0.25) is 4.99 Å². The number of nitrogens with one attached hydrogen (secondary N) is 2. The van der Waals surface area contributed by atoms with E-state index in [-0.39, 0.29) is 0 Å². The van der Waals surface area contributed by atoms with Gasteiger partial charge in [0.25, 0.3) is 0 Å². The van der Waals surface area contributed by atoms with Crippen LogP contribution in [0.3, 0.4) is 0 Å². The number of aromatic nitrogens is 2. The quantitative estimate of drug-likeness (QED) is 0.583. The third kappa shape index (κ3) is 8.10. The van der Waals surface area contributed by atoms with Gasteiger partial charge in [0, 0.05) is 32.9 Å². The number of alkyl carbamates (subject to hydrolysis) is 1. The minimum atomic E-state index is -1.03. The number of hydrogen-bond donors (Lipinski definition) is 3. The zero-order chi connectivity index (χ0) is 19.0. The van der Waals surface area contributed by atoms with Crippen LogP contribution in [-0.4, -0.2) is 51.7 Å². The van der Waals surface area contributed by atoms with Crippen LogP contribution < -0.4 is 16.3 Å². The van der Waals surface area contributed by atoms with Crippen molar-refractivity contribution in [3.63, 3.8) is 0 Å². The second-order valence-electron chi connectivity index (χ2n) is 6.40. The Morgan fingerprint density at radius 3 is 2.60 bits per heavy atom. The highest BCUT2D eigenvalue weighted by atomic mass is 79.9. The van der Waals surface area contributed by atoms with Gasteiger partial charge in [-0.15, -0.1) is 0 Å². The average Bonchev–Trinajstić information content (AvgIpc) is 2.73. The molecule has 2 amide bonds. The molecule has 1 aromatic rings. The van der Waals surface area contributed by atoms with E-state index >= 15 is 0 Å². The molecule has 1 rings (SSSR count). The lowest BCUT2D eigenvalue weighted by Gasteiger charge is -2.19. The number of amides is 2. The number of carbonyl (C=O) groups excluding carboxylic acids is 1. The number of carboxylic acid groups (broad SMARTS) is 1. The fraction of sp³-hybridized carbons (Fsp3) is 0.667. The monoisotopic (exact) mass is 419 g/mol. The van der Waals surface area contributed by atoms with E-state index in [9.17, 15) is 9.59 Å². The maximum Gasteiger partial charge on any atom is 0.407 e. The van der Waals surface area contributed by atoms with Crippen molar-refractivity contribution in [3.05, 3.63) is 16.4 Å². The molecular formula is C15H26BrN5O4. The molecule has 0 aromatic carbocycles. The molecule has 0 aliphatic rings. The third-order valence-electron chi connectivity index (χ3n) is 3.02. The molecule has 0 saturated carbocycles. The SMILES string of the molecule is Cn1c(Br)cn(CCCNC(=O)O)/c1=N/CCNC(=O)OC(C)(C)C. The Balaban J connectivity index is 2.59. The highest BCUT2D eigenvalue weighted by molar-refractivity contribution is 9.10. The predicted octanol–water partition coefficient (Wildman–Crippen LogP) is 1.67. The molecule has 0 aliphatic carbocycles. The zero-order valence-electron chi connectivity index (χ0n) is 15.0. The van der Waals surface area contributed by atoms with Crippen LogP contribution in [0.5, 0.6) is 0 Å². The lowest BCUT2D eigenvalue weighted by molar-refractivity contribution is 0.0529. The van der Waals surface area contributed by atoms with Gasteiger partial charge in [-0.1, -0.05) is 0 Å². The number of halogens is 1. The Morgan fingerprint density at radius 1 is 1.32 bits per heavy atom. The number of hydrogen-bond acceptors (Lipinski definition) is 4. The summed E-state index contributed by atoms with van der Waals surface area (Å²) in [5, 5.41) is 13.6. The molecule has 25 heavy (non-hydrogen) atoms. The summed E-state index contributed by atoms with van der Waals surface area (Å²) < 4.78 is 9.83. The summed E-state index contributed by atoms with van der Waals surface area (Å²) in [7, 11) is 1.87. The number of nitrogens with zero attached hydrogens (tertiary/aromatic N) is 3. The van der Waals surface area contributed by atoms with Crippen molar-refractivity contribution in [1.82, 2.24) is 19.8 Å². The Kier molecular flexibility index (Phi) is 8.01. The number of ether oxygens (including phenoxy) is 1. The number of carbonyl (C=O) groups is 2. The molecule has 0 radical (unpaired) electrons. The highest BCUT2D eigenvalue weighted by Gasteiger charge is 2.15. The van der Waals surface area contributed by atoms with Crippen LogP contribution in [-0.2, 0) is 18.3 Å². The van der Waals surface area contributed by atoms with Gasteiger partial charge in [0.05, 0.1) is 6.54 Å². The Bertz CT molecular complexity index is 660. The van der Waals surface area contributed by atoms with Gasteiger partial charge in [-0.05, 0) is 43.1 Å². The lowest BCUT2D eigenvalue weighted by Crippen LogP contribution is -2.34. The van der Waals surface area contributed by atoms with Crippen molar-refractivity contribution in [3.8, 4) is 0 Å². The maximum absolute atomic E-state index is 11.6. The molecule has 3 N–H and O–H groups in total. The van der Waals surface area contributed by atoms with Crippen LogP contribution in [0.1, 0.15) is 27.2 Å². The van der Waals surface area contributed by atoms with Crippen LogP contribution in [0, 0.1) is 0 Å². The Hall–Kier alpha value is -1.97. The van der Waals surface area contributed by atoms with E-state index in [4.69, 9.17) is 9.84 Å². The standard InChI is InChI=1S/C15H26BrN5O4/c1-15(2,3)25-14(24)19-8-7-17-12-20(4)11(16)10-21(12)9-5-6-18-13(22)23/h10,18H,5-9H2,1-4H3,(H,19,24)(H,22,23)/b17-12+. The maximum atomic E-state index is 11.6. The fourth-order valence-corrected chi connectivity index (χ4v) is 2.40. The van der Waals surface area contributed by atoms with E-state index in [2.05, 4.69) is 31.6 Å². The first kappa shape index (κ1) is 21.1. The molecule has 0 aliphatic heterocycles. The second kappa shape index (κ2) is 9.50. The van der Waals surface area contributed by atoms with Crippen LogP contribution >= 0.6 is 15.9 Å². The first-order chi connectivity index (χ1) is 11.6. The van der Waals surface area contributed by atoms with E-state index in [0.29, 0.717) is 32.6 Å². The van der Waals surface area contributed by atoms with E-state index in [1.807, 2.05) is 22.4 Å². The van der Waals surface area contributed by atoms with Gasteiger partial charge in [0.1, 0.15) is 10.2 Å². The normalized spacial score (nSPS) is 12.1. The van der Waals surface area contributed by atoms with Crippen molar-refractivity contribution in [1.29, 1.82) is 0 Å². The Morgan fingerprint density at radius 2 is 2.00 bits per heavy atom. The lowest BCUT2D eigenvalue weighted by atomic mass is 10.2. The van der Waals surface area contributed by atoms with Crippen molar-refractivity contribution in [2.75, 3.05) is 19.6 Å². The average molecular weight is 420 g/mol. The van der Waals surface area contributed by atoms with Crippen molar-refractivity contribution in [2.24, 2.45) is 12.0 Å². The summed E-state index contributed by atoms with van der Waals surface area (Å²) in [6, 6.07) is 0. The van der Waals surface area contributed by atoms with Crippen LogP contribution in [0.25, 0.3) is 0 Å². The van der Waals surface area contributed by atoms with Crippen LogP contribution in [0.15, 0.2) is 15.8 Å². The summed E-state index contributed by atoms with van der Waals surface area (Å²) in [4.78, 5) is 26.5. The molecule has 0 saturated heterocycles. The minimum absolute atomic E-state index is 0.359. The highest BCUT2D eigenvalue weighted by Crippen LogP contribution is 2.06. The molecule has 9 nitrogen and oxygen atoms in total. The van der Waals surface area contributed by atoms with Crippen molar-refractivity contribution in [2.45, 2.75) is 39.3 Å². The fourth-order valence-electron chi connectivity index (χ4n) is 2.00. The largest absolute Gasteiger partial charge is 0.465 e. The van der Waals surface area contributed by atoms with Gasteiger partial charge in [-0.2, -0.15) is 0 Å². The van der Waals surface area contributed by atoms with Crippen molar-refractivity contribution < 1.29 is 19.4 Å². The van der Waals surface area contributed by atoms with Gasteiger partial charge < -0.3 is 29.6 Å². The third-order valence-corrected chi connectivity index (χ3v) is 3.76. The summed E-state index contributed by atoms with van der Waals surface area (Å²) in [6.45, 7) is 7.17. The molecule has 1 heterocycles. The van der Waals surface area contributed by atoms with Crippen molar-refractivity contribution >= 4 is 28.1 Å². The molecule has 1 aromatic heterocycles. The van der Waals surface area contributed by atoms with Gasteiger partial charge in [-0.25, -0.2) is 9.59 Å². The molecule has 0 fully saturated rings. The smallest absolute Gasteiger partial charge is 0.407 e. The Labute approximate surface area is 155 Å². The summed E-state index contributed by atoms with van der Waals surface area (Å²) in [5.74, 6) is 0. The molecule has 0 spiro atoms. The van der Waals surface area contributed by atoms with Gasteiger partial charge >= 0.3 is 12.2 Å². The molecule has 0 atom stereocenters. The second-order valence-corrected chi connectivity index (χ2v) is 7.21. The van der Waals surface area contributed by atoms with E-state index < -0.39 is 17.8 Å². The number of aryl methyl sites for hydroxylation is 1. The zero-order valence-corrected chi connectivity index (χ0v) is 16.6. The first-order valence-corrected chi connectivity index (χ1v) is 8.75. The molecule has 10 heteroatoms. The van der Waals surface area contributed by atoms with E-state index in [1.165, 1.54) is 0 Å². The molecular weight excluding hydrogens is 394 g/mol. The van der Waals surface area contributed by atoms with Gasteiger partial charge in [0.15, 0.2) is 0 Å². The topological polar surface area (TPSA) is 110 Å². The van der Waals surface area contributed by atoms with E-state index in [1.54, 1.807) is 20.8 Å².